The summed E-state index contributed by atoms with van der Waals surface area (Å²) in [7, 11) is -1.58. The van der Waals surface area contributed by atoms with Crippen LogP contribution in [-0.4, -0.2) is 36.2 Å². The van der Waals surface area contributed by atoms with E-state index in [0.29, 0.717) is 18.7 Å². The maximum Gasteiger partial charge on any atom is 0.227 e. The second-order valence-electron chi connectivity index (χ2n) is 6.64. The summed E-state index contributed by atoms with van der Waals surface area (Å²) >= 11 is 0. The largest absolute Gasteiger partial charge is 0.313 e. The SMILES string of the molecule is CN(Cc1ccccc1)Cc1cnc(S(C)(=O)=O)n1Cc1ccccc1F. The van der Waals surface area contributed by atoms with E-state index in [4.69, 9.17) is 0 Å². The first-order valence-corrected chi connectivity index (χ1v) is 10.4. The Morgan fingerprint density at radius 1 is 1.04 bits per heavy atom. The van der Waals surface area contributed by atoms with Crippen LogP contribution in [0.5, 0.6) is 0 Å². The number of benzene rings is 2. The van der Waals surface area contributed by atoms with Crippen molar-refractivity contribution in [3.05, 3.63) is 83.4 Å². The van der Waals surface area contributed by atoms with Crippen LogP contribution in [0.15, 0.2) is 66.0 Å². The summed E-state index contributed by atoms with van der Waals surface area (Å²) in [6.45, 7) is 1.31. The standard InChI is InChI=1S/C20H22FN3O2S/c1-23(13-16-8-4-3-5-9-16)15-18-12-22-20(27(2,25)26)24(18)14-17-10-6-7-11-19(17)21/h3-12H,13-15H2,1-2H3. The number of sulfone groups is 1. The molecule has 5 nitrogen and oxygen atoms in total. The zero-order valence-corrected chi connectivity index (χ0v) is 16.2. The lowest BCUT2D eigenvalue weighted by Crippen LogP contribution is -2.21. The third kappa shape index (κ3) is 4.81. The molecule has 0 radical (unpaired) electrons. The summed E-state index contributed by atoms with van der Waals surface area (Å²) in [5.41, 5.74) is 2.30. The van der Waals surface area contributed by atoms with Crippen molar-refractivity contribution in [1.82, 2.24) is 14.5 Å². The van der Waals surface area contributed by atoms with Gasteiger partial charge in [-0.25, -0.2) is 17.8 Å². The van der Waals surface area contributed by atoms with E-state index in [1.807, 2.05) is 37.4 Å². The Morgan fingerprint density at radius 2 is 1.70 bits per heavy atom. The van der Waals surface area contributed by atoms with Crippen LogP contribution in [0.4, 0.5) is 4.39 Å². The summed E-state index contributed by atoms with van der Waals surface area (Å²) in [6, 6.07) is 16.4. The number of rotatable bonds is 7. The van der Waals surface area contributed by atoms with Gasteiger partial charge < -0.3 is 4.57 Å². The fourth-order valence-corrected chi connectivity index (χ4v) is 3.83. The first-order valence-electron chi connectivity index (χ1n) is 8.55. The van der Waals surface area contributed by atoms with Crippen molar-refractivity contribution in [1.29, 1.82) is 0 Å². The lowest BCUT2D eigenvalue weighted by Gasteiger charge is -2.19. The van der Waals surface area contributed by atoms with Crippen LogP contribution in [0, 0.1) is 5.82 Å². The van der Waals surface area contributed by atoms with Gasteiger partial charge in [-0.15, -0.1) is 0 Å². The molecule has 3 rings (SSSR count). The van der Waals surface area contributed by atoms with Gasteiger partial charge in [0.1, 0.15) is 5.82 Å². The highest BCUT2D eigenvalue weighted by atomic mass is 32.2. The molecule has 0 bridgehead atoms. The topological polar surface area (TPSA) is 55.2 Å². The zero-order valence-electron chi connectivity index (χ0n) is 15.3. The summed E-state index contributed by atoms with van der Waals surface area (Å²) in [5.74, 6) is -0.366. The molecule has 142 valence electrons. The van der Waals surface area contributed by atoms with E-state index >= 15 is 0 Å². The average molecular weight is 387 g/mol. The maximum atomic E-state index is 14.1. The van der Waals surface area contributed by atoms with Gasteiger partial charge in [-0.1, -0.05) is 48.5 Å². The lowest BCUT2D eigenvalue weighted by molar-refractivity contribution is 0.309. The number of halogens is 1. The van der Waals surface area contributed by atoms with Crippen molar-refractivity contribution < 1.29 is 12.8 Å². The predicted octanol–water partition coefficient (Wildman–Crippen LogP) is 3.11. The minimum Gasteiger partial charge on any atom is -0.313 e. The van der Waals surface area contributed by atoms with E-state index in [-0.39, 0.29) is 17.5 Å². The third-order valence-electron chi connectivity index (χ3n) is 4.25. The molecular weight excluding hydrogens is 365 g/mol. The van der Waals surface area contributed by atoms with E-state index in [2.05, 4.69) is 9.88 Å². The van der Waals surface area contributed by atoms with Gasteiger partial charge in [-0.3, -0.25) is 4.90 Å². The van der Waals surface area contributed by atoms with Crippen molar-refractivity contribution in [2.24, 2.45) is 0 Å². The highest BCUT2D eigenvalue weighted by Gasteiger charge is 2.20. The molecule has 0 aliphatic heterocycles. The van der Waals surface area contributed by atoms with Crippen LogP contribution in [0.25, 0.3) is 0 Å². The Kier molecular flexibility index (Phi) is 5.72. The van der Waals surface area contributed by atoms with E-state index < -0.39 is 9.84 Å². The number of hydrogen-bond acceptors (Lipinski definition) is 4. The quantitative estimate of drug-likeness (QED) is 0.625. The molecular formula is C20H22FN3O2S. The van der Waals surface area contributed by atoms with E-state index in [1.165, 1.54) is 6.07 Å². The van der Waals surface area contributed by atoms with Crippen molar-refractivity contribution in [3.8, 4) is 0 Å². The molecule has 0 fully saturated rings. The summed E-state index contributed by atoms with van der Waals surface area (Å²) < 4.78 is 39.9. The number of aromatic nitrogens is 2. The van der Waals surface area contributed by atoms with Crippen LogP contribution < -0.4 is 0 Å². The van der Waals surface area contributed by atoms with Crippen LogP contribution in [0.1, 0.15) is 16.8 Å². The minimum absolute atomic E-state index is 0.0473. The van der Waals surface area contributed by atoms with Gasteiger partial charge >= 0.3 is 0 Å². The molecule has 0 atom stereocenters. The van der Waals surface area contributed by atoms with E-state index in [1.54, 1.807) is 29.0 Å². The molecule has 1 heterocycles. The zero-order chi connectivity index (χ0) is 19.4. The second kappa shape index (κ2) is 8.02. The Bertz CT molecular complexity index is 1020. The summed E-state index contributed by atoms with van der Waals surface area (Å²) in [6.07, 6.45) is 2.67. The summed E-state index contributed by atoms with van der Waals surface area (Å²) in [5, 5.41) is -0.0473. The van der Waals surface area contributed by atoms with Crippen LogP contribution in [0.3, 0.4) is 0 Å². The molecule has 0 spiro atoms. The minimum atomic E-state index is -3.53. The lowest BCUT2D eigenvalue weighted by atomic mass is 10.2. The van der Waals surface area contributed by atoms with Gasteiger partial charge in [0.05, 0.1) is 18.4 Å². The van der Waals surface area contributed by atoms with Crippen LogP contribution in [0.2, 0.25) is 0 Å². The van der Waals surface area contributed by atoms with Gasteiger partial charge in [0.25, 0.3) is 0 Å². The molecule has 0 unspecified atom stereocenters. The Morgan fingerprint density at radius 3 is 2.37 bits per heavy atom. The molecule has 0 amide bonds. The monoisotopic (exact) mass is 387 g/mol. The Balaban J connectivity index is 1.89. The van der Waals surface area contributed by atoms with Gasteiger partial charge in [-0.2, -0.15) is 0 Å². The van der Waals surface area contributed by atoms with E-state index in [0.717, 1.165) is 17.5 Å². The van der Waals surface area contributed by atoms with Crippen molar-refractivity contribution >= 4 is 9.84 Å². The van der Waals surface area contributed by atoms with Crippen LogP contribution >= 0.6 is 0 Å². The Labute approximate surface area is 159 Å². The molecule has 0 N–H and O–H groups in total. The molecule has 7 heteroatoms. The highest BCUT2D eigenvalue weighted by Crippen LogP contribution is 2.18. The summed E-state index contributed by atoms with van der Waals surface area (Å²) in [4.78, 5) is 6.16. The first-order chi connectivity index (χ1) is 12.8. The maximum absolute atomic E-state index is 14.1. The fourth-order valence-electron chi connectivity index (χ4n) is 3.01. The second-order valence-corrected chi connectivity index (χ2v) is 8.55. The van der Waals surface area contributed by atoms with E-state index in [9.17, 15) is 12.8 Å². The molecule has 2 aromatic carbocycles. The van der Waals surface area contributed by atoms with Gasteiger partial charge in [0.2, 0.25) is 15.0 Å². The number of hydrogen-bond donors (Lipinski definition) is 0. The van der Waals surface area contributed by atoms with Crippen LogP contribution in [-0.2, 0) is 29.5 Å². The fraction of sp³-hybridized carbons (Fsp3) is 0.250. The van der Waals surface area contributed by atoms with Crippen molar-refractivity contribution in [3.63, 3.8) is 0 Å². The Hall–Kier alpha value is -2.51. The third-order valence-corrected chi connectivity index (χ3v) is 5.24. The predicted molar refractivity (Wildman–Crippen MR) is 102 cm³/mol. The normalized spacial score (nSPS) is 11.9. The van der Waals surface area contributed by atoms with Gasteiger partial charge in [0.15, 0.2) is 0 Å². The molecule has 0 saturated carbocycles. The number of nitrogens with zero attached hydrogens (tertiary/aromatic N) is 3. The molecule has 3 aromatic rings. The van der Waals surface area contributed by atoms with Gasteiger partial charge in [-0.05, 0) is 18.7 Å². The average Bonchev–Trinajstić information content (AvgIpc) is 3.00. The molecule has 0 saturated heterocycles. The molecule has 0 aliphatic carbocycles. The molecule has 27 heavy (non-hydrogen) atoms. The van der Waals surface area contributed by atoms with Crippen molar-refractivity contribution in [2.75, 3.05) is 13.3 Å². The number of imidazole rings is 1. The first kappa shape index (κ1) is 19.3. The highest BCUT2D eigenvalue weighted by molar-refractivity contribution is 7.90. The molecule has 0 aliphatic rings. The van der Waals surface area contributed by atoms with Crippen molar-refractivity contribution in [2.45, 2.75) is 24.8 Å². The smallest absolute Gasteiger partial charge is 0.227 e. The molecule has 1 aromatic heterocycles. The van der Waals surface area contributed by atoms with Gasteiger partial charge in [0, 0.05) is 24.9 Å².